The van der Waals surface area contributed by atoms with Crippen LogP contribution < -0.4 is 4.72 Å². The minimum atomic E-state index is -3.53. The van der Waals surface area contributed by atoms with Crippen molar-refractivity contribution in [1.82, 2.24) is 4.72 Å². The number of hydrogen-bond donors (Lipinski definition) is 2. The Morgan fingerprint density at radius 3 is 2.71 bits per heavy atom. The van der Waals surface area contributed by atoms with Gasteiger partial charge in [0.25, 0.3) is 0 Å². The second-order valence-electron chi connectivity index (χ2n) is 2.51. The molecule has 1 heterocycles. The van der Waals surface area contributed by atoms with E-state index in [9.17, 15) is 8.42 Å². The molecule has 0 radical (unpaired) electrons. The molecule has 0 spiro atoms. The standard InChI is InChI=1S/C7H10BrNO4S/c1-2-9-14(11,12)6-3-5(4-10)13-7(6)8/h3,9-10H,2,4H2,1H3. The predicted octanol–water partition coefficient (Wildman–Crippen LogP) is 0.833. The number of sulfonamides is 1. The molecule has 0 saturated carbocycles. The molecule has 0 unspecified atom stereocenters. The molecule has 5 nitrogen and oxygen atoms in total. The maximum absolute atomic E-state index is 11.5. The van der Waals surface area contributed by atoms with Crippen LogP contribution in [0.3, 0.4) is 0 Å². The molecule has 0 amide bonds. The first-order valence-electron chi connectivity index (χ1n) is 3.90. The molecular formula is C7H10BrNO4S. The number of hydrogen-bond acceptors (Lipinski definition) is 4. The Balaban J connectivity index is 3.12. The summed E-state index contributed by atoms with van der Waals surface area (Å²) in [5.74, 6) is 0.202. The van der Waals surface area contributed by atoms with E-state index in [-0.39, 0.29) is 21.9 Å². The zero-order valence-corrected chi connectivity index (χ0v) is 9.85. The van der Waals surface area contributed by atoms with E-state index >= 15 is 0 Å². The minimum absolute atomic E-state index is 0.00315. The number of halogens is 1. The first kappa shape index (κ1) is 11.7. The first-order valence-corrected chi connectivity index (χ1v) is 6.17. The van der Waals surface area contributed by atoms with Gasteiger partial charge < -0.3 is 9.52 Å². The summed E-state index contributed by atoms with van der Waals surface area (Å²) in [6.07, 6.45) is 0. The Hall–Kier alpha value is -0.370. The second-order valence-corrected chi connectivity index (χ2v) is 4.97. The highest BCUT2D eigenvalue weighted by atomic mass is 79.9. The zero-order chi connectivity index (χ0) is 10.8. The molecule has 0 aliphatic rings. The van der Waals surface area contributed by atoms with Gasteiger partial charge in [0, 0.05) is 12.6 Å². The molecule has 1 aromatic heterocycles. The lowest BCUT2D eigenvalue weighted by Gasteiger charge is -2.00. The average Bonchev–Trinajstić information content (AvgIpc) is 2.47. The van der Waals surface area contributed by atoms with Crippen molar-refractivity contribution in [3.8, 4) is 0 Å². The van der Waals surface area contributed by atoms with Gasteiger partial charge >= 0.3 is 0 Å². The van der Waals surface area contributed by atoms with Gasteiger partial charge in [0.2, 0.25) is 10.0 Å². The zero-order valence-electron chi connectivity index (χ0n) is 7.45. The summed E-state index contributed by atoms with van der Waals surface area (Å²) in [4.78, 5) is 0.00315. The normalized spacial score (nSPS) is 11.9. The number of nitrogens with one attached hydrogen (secondary N) is 1. The van der Waals surface area contributed by atoms with Crippen LogP contribution in [0.4, 0.5) is 0 Å². The van der Waals surface area contributed by atoms with Crippen LogP contribution in [0.15, 0.2) is 20.0 Å². The van der Waals surface area contributed by atoms with E-state index in [0.717, 1.165) is 0 Å². The molecule has 2 N–H and O–H groups in total. The van der Waals surface area contributed by atoms with Crippen LogP contribution in [0.5, 0.6) is 0 Å². The number of aliphatic hydroxyl groups is 1. The van der Waals surface area contributed by atoms with Crippen LogP contribution in [0.2, 0.25) is 0 Å². The quantitative estimate of drug-likeness (QED) is 0.858. The molecule has 1 aromatic rings. The molecule has 0 saturated heterocycles. The lowest BCUT2D eigenvalue weighted by atomic mass is 10.5. The van der Waals surface area contributed by atoms with Gasteiger partial charge in [-0.2, -0.15) is 0 Å². The first-order chi connectivity index (χ1) is 6.51. The lowest BCUT2D eigenvalue weighted by Crippen LogP contribution is -2.22. The Morgan fingerprint density at radius 2 is 2.29 bits per heavy atom. The van der Waals surface area contributed by atoms with Crippen molar-refractivity contribution in [2.75, 3.05) is 6.54 Å². The van der Waals surface area contributed by atoms with E-state index in [1.807, 2.05) is 0 Å². The van der Waals surface area contributed by atoms with Crippen molar-refractivity contribution in [3.05, 3.63) is 16.5 Å². The fourth-order valence-corrected chi connectivity index (χ4v) is 2.96. The molecular weight excluding hydrogens is 274 g/mol. The lowest BCUT2D eigenvalue weighted by molar-refractivity contribution is 0.245. The highest BCUT2D eigenvalue weighted by Gasteiger charge is 2.21. The molecule has 1 rings (SSSR count). The van der Waals surface area contributed by atoms with Crippen LogP contribution in [0, 0.1) is 0 Å². The molecule has 14 heavy (non-hydrogen) atoms. The molecule has 0 aromatic carbocycles. The summed E-state index contributed by atoms with van der Waals surface area (Å²) in [6, 6.07) is 1.28. The Bertz CT molecular complexity index is 411. The van der Waals surface area contributed by atoms with Crippen LogP contribution in [-0.4, -0.2) is 20.1 Å². The smallest absolute Gasteiger partial charge is 0.244 e. The van der Waals surface area contributed by atoms with E-state index in [0.29, 0.717) is 6.54 Å². The number of rotatable bonds is 4. The molecule has 80 valence electrons. The van der Waals surface area contributed by atoms with Crippen LogP contribution in [0.1, 0.15) is 12.7 Å². The van der Waals surface area contributed by atoms with Gasteiger partial charge in [-0.05, 0) is 15.9 Å². The fourth-order valence-electron chi connectivity index (χ4n) is 0.927. The van der Waals surface area contributed by atoms with Gasteiger partial charge in [-0.1, -0.05) is 6.92 Å². The average molecular weight is 284 g/mol. The summed E-state index contributed by atoms with van der Waals surface area (Å²) >= 11 is 2.97. The maximum Gasteiger partial charge on any atom is 0.244 e. The van der Waals surface area contributed by atoms with Crippen molar-refractivity contribution in [1.29, 1.82) is 0 Å². The number of aliphatic hydroxyl groups excluding tert-OH is 1. The largest absolute Gasteiger partial charge is 0.450 e. The van der Waals surface area contributed by atoms with Gasteiger partial charge in [0.05, 0.1) is 0 Å². The van der Waals surface area contributed by atoms with Crippen molar-refractivity contribution in [2.24, 2.45) is 0 Å². The van der Waals surface area contributed by atoms with Crippen molar-refractivity contribution in [3.63, 3.8) is 0 Å². The van der Waals surface area contributed by atoms with Crippen molar-refractivity contribution in [2.45, 2.75) is 18.4 Å². The Labute approximate surface area is 90.3 Å². The molecule has 0 fully saturated rings. The summed E-state index contributed by atoms with van der Waals surface area (Å²) in [5.41, 5.74) is 0. The number of furan rings is 1. The highest BCUT2D eigenvalue weighted by Crippen LogP contribution is 2.25. The second kappa shape index (κ2) is 4.43. The van der Waals surface area contributed by atoms with Gasteiger partial charge in [0.1, 0.15) is 17.3 Å². The minimum Gasteiger partial charge on any atom is -0.450 e. The van der Waals surface area contributed by atoms with Gasteiger partial charge in [-0.25, -0.2) is 13.1 Å². The molecule has 0 aliphatic carbocycles. The van der Waals surface area contributed by atoms with Gasteiger partial charge in [-0.15, -0.1) is 0 Å². The maximum atomic E-state index is 11.5. The van der Waals surface area contributed by atoms with Crippen LogP contribution in [-0.2, 0) is 16.6 Å². The third-order valence-corrected chi connectivity index (χ3v) is 3.89. The van der Waals surface area contributed by atoms with Crippen LogP contribution >= 0.6 is 15.9 Å². The van der Waals surface area contributed by atoms with E-state index in [4.69, 9.17) is 9.52 Å². The summed E-state index contributed by atoms with van der Waals surface area (Å²) in [7, 11) is -3.53. The van der Waals surface area contributed by atoms with Crippen molar-refractivity contribution >= 4 is 26.0 Å². The third kappa shape index (κ3) is 2.35. The van der Waals surface area contributed by atoms with E-state index in [1.54, 1.807) is 6.92 Å². The van der Waals surface area contributed by atoms with E-state index in [1.165, 1.54) is 6.07 Å². The Morgan fingerprint density at radius 1 is 1.64 bits per heavy atom. The van der Waals surface area contributed by atoms with Crippen molar-refractivity contribution < 1.29 is 17.9 Å². The monoisotopic (exact) mass is 283 g/mol. The summed E-state index contributed by atoms with van der Waals surface area (Å²) < 4.78 is 30.4. The highest BCUT2D eigenvalue weighted by molar-refractivity contribution is 9.10. The Kier molecular flexibility index (Phi) is 3.71. The SMILES string of the molecule is CCNS(=O)(=O)c1cc(CO)oc1Br. The molecule has 0 aliphatic heterocycles. The van der Waals surface area contributed by atoms with Crippen LogP contribution in [0.25, 0.3) is 0 Å². The van der Waals surface area contributed by atoms with E-state index in [2.05, 4.69) is 20.7 Å². The summed E-state index contributed by atoms with van der Waals surface area (Å²) in [6.45, 7) is 1.65. The third-order valence-electron chi connectivity index (χ3n) is 1.49. The van der Waals surface area contributed by atoms with Gasteiger partial charge in [-0.3, -0.25) is 0 Å². The fraction of sp³-hybridized carbons (Fsp3) is 0.429. The predicted molar refractivity (Wildman–Crippen MR) is 53.2 cm³/mol. The van der Waals surface area contributed by atoms with E-state index < -0.39 is 10.0 Å². The molecule has 7 heteroatoms. The molecule has 0 atom stereocenters. The topological polar surface area (TPSA) is 79.5 Å². The molecule has 0 bridgehead atoms. The summed E-state index contributed by atoms with van der Waals surface area (Å²) in [5, 5.41) is 8.74. The van der Waals surface area contributed by atoms with Gasteiger partial charge in [0.15, 0.2) is 4.67 Å².